The van der Waals surface area contributed by atoms with E-state index in [9.17, 15) is 9.59 Å². The van der Waals surface area contributed by atoms with Gasteiger partial charge in [0.1, 0.15) is 5.75 Å². The van der Waals surface area contributed by atoms with Gasteiger partial charge in [0.2, 0.25) is 0 Å². The number of ketones is 1. The number of ether oxygens (including phenoxy) is 1. The quantitative estimate of drug-likeness (QED) is 0.500. The summed E-state index contributed by atoms with van der Waals surface area (Å²) in [7, 11) is 1.64. The number of carbonyl (C=O) groups excluding carboxylic acids is 2. The lowest BCUT2D eigenvalue weighted by Crippen LogP contribution is -2.50. The van der Waals surface area contributed by atoms with Crippen molar-refractivity contribution >= 4 is 34.2 Å². The molecule has 156 valence electrons. The van der Waals surface area contributed by atoms with E-state index in [0.717, 1.165) is 27.9 Å². The van der Waals surface area contributed by atoms with Crippen LogP contribution in [0.15, 0.2) is 42.5 Å². The topological polar surface area (TPSA) is 65.6 Å². The number of nitrogens with one attached hydrogen (secondary N) is 1. The maximum atomic E-state index is 13.0. The van der Waals surface area contributed by atoms with Crippen LogP contribution in [0, 0.1) is 6.92 Å². The standard InChI is InChI=1S/C23H24ClN3O3/c1-15-21(18-5-3-4-6-19(18)25-15)22(28)23(29)27-11-9-26(10-12-27)14-16-13-17(24)7-8-20(16)30-2/h3-8,13,25H,9-12,14H2,1-2H3. The highest BCUT2D eigenvalue weighted by molar-refractivity contribution is 6.45. The molecule has 3 aromatic rings. The molecule has 1 aliphatic rings. The van der Waals surface area contributed by atoms with Gasteiger partial charge in [-0.2, -0.15) is 0 Å². The Morgan fingerprint density at radius 3 is 2.57 bits per heavy atom. The van der Waals surface area contributed by atoms with Crippen LogP contribution in [-0.4, -0.2) is 59.8 Å². The molecule has 6 nitrogen and oxygen atoms in total. The van der Waals surface area contributed by atoms with Crippen LogP contribution in [-0.2, 0) is 11.3 Å². The lowest BCUT2D eigenvalue weighted by Gasteiger charge is -2.34. The zero-order valence-corrected chi connectivity index (χ0v) is 17.8. The molecule has 1 fully saturated rings. The second-order valence-electron chi connectivity index (χ2n) is 7.52. The van der Waals surface area contributed by atoms with Gasteiger partial charge in [0.15, 0.2) is 0 Å². The fourth-order valence-electron chi connectivity index (χ4n) is 4.04. The van der Waals surface area contributed by atoms with Crippen LogP contribution in [0.1, 0.15) is 21.6 Å². The summed E-state index contributed by atoms with van der Waals surface area (Å²) in [6.45, 7) is 4.89. The summed E-state index contributed by atoms with van der Waals surface area (Å²) < 4.78 is 5.42. The molecule has 1 aliphatic heterocycles. The number of fused-ring (bicyclic) bond motifs is 1. The normalized spacial score (nSPS) is 14.8. The van der Waals surface area contributed by atoms with Crippen molar-refractivity contribution < 1.29 is 14.3 Å². The maximum Gasteiger partial charge on any atom is 0.295 e. The molecule has 30 heavy (non-hydrogen) atoms. The van der Waals surface area contributed by atoms with Crippen LogP contribution in [0.4, 0.5) is 0 Å². The molecule has 0 saturated carbocycles. The first kappa shape index (κ1) is 20.4. The Bertz CT molecular complexity index is 1100. The first-order valence-corrected chi connectivity index (χ1v) is 10.3. The second-order valence-corrected chi connectivity index (χ2v) is 7.96. The highest BCUT2D eigenvalue weighted by Crippen LogP contribution is 2.25. The molecule has 0 bridgehead atoms. The SMILES string of the molecule is COc1ccc(Cl)cc1CN1CCN(C(=O)C(=O)c2c(C)[nH]c3ccccc23)CC1. The zero-order chi connectivity index (χ0) is 21.3. The van der Waals surface area contributed by atoms with Gasteiger partial charge in [0.05, 0.1) is 12.7 Å². The van der Waals surface area contributed by atoms with Gasteiger partial charge in [0, 0.05) is 59.9 Å². The van der Waals surface area contributed by atoms with Crippen LogP contribution >= 0.6 is 11.6 Å². The highest BCUT2D eigenvalue weighted by atomic mass is 35.5. The Morgan fingerprint density at radius 1 is 1.10 bits per heavy atom. The van der Waals surface area contributed by atoms with Crippen molar-refractivity contribution in [3.63, 3.8) is 0 Å². The van der Waals surface area contributed by atoms with Crippen LogP contribution in [0.2, 0.25) is 5.02 Å². The predicted octanol–water partition coefficient (Wildman–Crippen LogP) is 3.67. The van der Waals surface area contributed by atoms with E-state index in [-0.39, 0.29) is 0 Å². The van der Waals surface area contributed by atoms with E-state index in [4.69, 9.17) is 16.3 Å². The Morgan fingerprint density at radius 2 is 1.83 bits per heavy atom. The highest BCUT2D eigenvalue weighted by Gasteiger charge is 2.29. The number of aryl methyl sites for hydroxylation is 1. The lowest BCUT2D eigenvalue weighted by molar-refractivity contribution is -0.128. The number of para-hydroxylation sites is 1. The van der Waals surface area contributed by atoms with Crippen LogP contribution in [0.5, 0.6) is 5.75 Å². The largest absolute Gasteiger partial charge is 0.496 e. The number of aromatic nitrogens is 1. The summed E-state index contributed by atoms with van der Waals surface area (Å²) in [5.74, 6) is -0.0966. The first-order chi connectivity index (χ1) is 14.5. The molecule has 0 unspecified atom stereocenters. The number of methoxy groups -OCH3 is 1. The van der Waals surface area contributed by atoms with Gasteiger partial charge in [-0.1, -0.05) is 29.8 Å². The van der Waals surface area contributed by atoms with Crippen LogP contribution in [0.25, 0.3) is 10.9 Å². The predicted molar refractivity (Wildman–Crippen MR) is 117 cm³/mol. The van der Waals surface area contributed by atoms with E-state index in [1.807, 2.05) is 43.3 Å². The van der Waals surface area contributed by atoms with Crippen molar-refractivity contribution in [3.05, 3.63) is 64.3 Å². The minimum Gasteiger partial charge on any atom is -0.496 e. The molecule has 2 heterocycles. The van der Waals surface area contributed by atoms with Crippen molar-refractivity contribution in [1.82, 2.24) is 14.8 Å². The number of carbonyl (C=O) groups is 2. The van der Waals surface area contributed by atoms with Gasteiger partial charge in [-0.15, -0.1) is 0 Å². The number of benzene rings is 2. The number of aromatic amines is 1. The Kier molecular flexibility index (Phi) is 5.79. The number of rotatable bonds is 5. The number of hydrogen-bond acceptors (Lipinski definition) is 4. The van der Waals surface area contributed by atoms with Crippen LogP contribution in [0.3, 0.4) is 0 Å². The molecule has 0 aliphatic carbocycles. The number of Topliss-reactive ketones (excluding diaryl/α,β-unsaturated/α-hetero) is 1. The fraction of sp³-hybridized carbons (Fsp3) is 0.304. The van der Waals surface area contributed by atoms with Gasteiger partial charge in [-0.25, -0.2) is 0 Å². The number of hydrogen-bond donors (Lipinski definition) is 1. The van der Waals surface area contributed by atoms with E-state index in [0.29, 0.717) is 43.3 Å². The smallest absolute Gasteiger partial charge is 0.295 e. The van der Waals surface area contributed by atoms with E-state index in [1.165, 1.54) is 0 Å². The molecule has 1 aromatic heterocycles. The van der Waals surface area contributed by atoms with Gasteiger partial charge in [-0.05, 0) is 31.2 Å². The Balaban J connectivity index is 1.43. The third kappa shape index (κ3) is 3.93. The van der Waals surface area contributed by atoms with E-state index >= 15 is 0 Å². The average Bonchev–Trinajstić information content (AvgIpc) is 3.09. The lowest BCUT2D eigenvalue weighted by atomic mass is 10.1. The molecule has 4 rings (SSSR count). The third-order valence-corrected chi connectivity index (χ3v) is 5.85. The third-order valence-electron chi connectivity index (χ3n) is 5.61. The number of amides is 1. The van der Waals surface area contributed by atoms with Crippen LogP contribution < -0.4 is 4.74 Å². The van der Waals surface area contributed by atoms with Crippen molar-refractivity contribution in [2.75, 3.05) is 33.3 Å². The number of halogens is 1. The molecule has 0 atom stereocenters. The summed E-state index contributed by atoms with van der Waals surface area (Å²) in [5.41, 5.74) is 3.07. The molecule has 7 heteroatoms. The minimum atomic E-state index is -0.449. The first-order valence-electron chi connectivity index (χ1n) is 9.93. The van der Waals surface area contributed by atoms with Crippen molar-refractivity contribution in [2.24, 2.45) is 0 Å². The monoisotopic (exact) mass is 425 g/mol. The van der Waals surface area contributed by atoms with E-state index in [2.05, 4.69) is 9.88 Å². The summed E-state index contributed by atoms with van der Waals surface area (Å²) >= 11 is 6.13. The second kappa shape index (κ2) is 8.50. The van der Waals surface area contributed by atoms with Gasteiger partial charge >= 0.3 is 0 Å². The molecule has 1 amide bonds. The Labute approximate surface area is 180 Å². The average molecular weight is 426 g/mol. The van der Waals surface area contributed by atoms with Crippen molar-refractivity contribution in [2.45, 2.75) is 13.5 Å². The molecule has 0 spiro atoms. The van der Waals surface area contributed by atoms with Gasteiger partial charge in [-0.3, -0.25) is 14.5 Å². The molecular weight excluding hydrogens is 402 g/mol. The van der Waals surface area contributed by atoms with Crippen molar-refractivity contribution in [1.29, 1.82) is 0 Å². The van der Waals surface area contributed by atoms with E-state index < -0.39 is 11.7 Å². The number of H-pyrrole nitrogens is 1. The molecule has 0 radical (unpaired) electrons. The van der Waals surface area contributed by atoms with Gasteiger partial charge < -0.3 is 14.6 Å². The van der Waals surface area contributed by atoms with E-state index in [1.54, 1.807) is 18.1 Å². The molecule has 1 N–H and O–H groups in total. The summed E-state index contributed by atoms with van der Waals surface area (Å²) in [6.07, 6.45) is 0. The number of nitrogens with zero attached hydrogens (tertiary/aromatic N) is 2. The maximum absolute atomic E-state index is 13.0. The summed E-state index contributed by atoms with van der Waals surface area (Å²) in [6, 6.07) is 13.1. The molecule has 2 aromatic carbocycles. The van der Waals surface area contributed by atoms with Gasteiger partial charge in [0.25, 0.3) is 11.7 Å². The zero-order valence-electron chi connectivity index (χ0n) is 17.1. The Hall–Kier alpha value is -2.83. The fourth-order valence-corrected chi connectivity index (χ4v) is 4.24. The summed E-state index contributed by atoms with van der Waals surface area (Å²) in [4.78, 5) is 33.0. The molecule has 1 saturated heterocycles. The van der Waals surface area contributed by atoms with Crippen molar-refractivity contribution in [3.8, 4) is 5.75 Å². The molecular formula is C23H24ClN3O3. The summed E-state index contributed by atoms with van der Waals surface area (Å²) in [5, 5.41) is 1.46. The number of piperazine rings is 1. The minimum absolute atomic E-state index is 0.442.